The van der Waals surface area contributed by atoms with Crippen LogP contribution in [0, 0.1) is 5.92 Å². The summed E-state index contributed by atoms with van der Waals surface area (Å²) in [6.07, 6.45) is 0.859. The number of benzene rings is 1. The number of aliphatic hydroxyl groups is 1. The molecule has 0 saturated heterocycles. The quantitative estimate of drug-likeness (QED) is 0.890. The van der Waals surface area contributed by atoms with Crippen molar-refractivity contribution in [1.29, 1.82) is 0 Å². The van der Waals surface area contributed by atoms with Gasteiger partial charge in [-0.15, -0.1) is 0 Å². The Morgan fingerprint density at radius 3 is 2.88 bits per heavy atom. The Bertz CT molecular complexity index is 422. The highest BCUT2D eigenvalue weighted by atomic mass is 35.5. The third kappa shape index (κ3) is 2.61. The number of nitrogens with zero attached hydrogens (tertiary/aromatic N) is 1. The van der Waals surface area contributed by atoms with Crippen molar-refractivity contribution in [2.75, 3.05) is 20.2 Å². The molecule has 1 fully saturated rings. The fourth-order valence-corrected chi connectivity index (χ4v) is 2.41. The number of aliphatic hydroxyl groups excluding tert-OH is 1. The lowest BCUT2D eigenvalue weighted by molar-refractivity contribution is -0.131. The highest BCUT2D eigenvalue weighted by Gasteiger charge is 2.45. The molecule has 1 aliphatic rings. The van der Waals surface area contributed by atoms with E-state index in [1.54, 1.807) is 11.9 Å². The summed E-state index contributed by atoms with van der Waals surface area (Å²) < 4.78 is 0. The number of halogens is 1. The molecule has 0 aromatic heterocycles. The molecular weight excluding hydrogens is 238 g/mol. The molecule has 0 radical (unpaired) electrons. The van der Waals surface area contributed by atoms with Crippen molar-refractivity contribution in [3.8, 4) is 0 Å². The number of carbonyl (C=O) groups excluding carboxylic acids is 1. The summed E-state index contributed by atoms with van der Waals surface area (Å²) in [4.78, 5) is 13.5. The second kappa shape index (κ2) is 5.07. The van der Waals surface area contributed by atoms with Gasteiger partial charge in [-0.25, -0.2) is 0 Å². The van der Waals surface area contributed by atoms with Gasteiger partial charge in [0.2, 0.25) is 5.91 Å². The van der Waals surface area contributed by atoms with E-state index in [1.165, 1.54) is 0 Å². The second-order valence-electron chi connectivity index (χ2n) is 4.45. The molecule has 17 heavy (non-hydrogen) atoms. The van der Waals surface area contributed by atoms with Gasteiger partial charge in [-0.3, -0.25) is 4.79 Å². The average Bonchev–Trinajstić information content (AvgIpc) is 3.09. The van der Waals surface area contributed by atoms with Gasteiger partial charge in [-0.05, 0) is 24.0 Å². The van der Waals surface area contributed by atoms with Gasteiger partial charge in [-0.1, -0.05) is 29.8 Å². The van der Waals surface area contributed by atoms with Gasteiger partial charge < -0.3 is 10.0 Å². The van der Waals surface area contributed by atoms with E-state index >= 15 is 0 Å². The monoisotopic (exact) mass is 253 g/mol. The van der Waals surface area contributed by atoms with Crippen molar-refractivity contribution in [3.05, 3.63) is 34.9 Å². The van der Waals surface area contributed by atoms with Gasteiger partial charge in [0, 0.05) is 24.5 Å². The molecule has 1 aliphatic carbocycles. The lowest BCUT2D eigenvalue weighted by Gasteiger charge is -2.15. The van der Waals surface area contributed by atoms with Crippen LogP contribution in [0.1, 0.15) is 17.9 Å². The molecule has 1 amide bonds. The summed E-state index contributed by atoms with van der Waals surface area (Å²) in [6.45, 7) is 0.399. The molecule has 1 saturated carbocycles. The van der Waals surface area contributed by atoms with Crippen molar-refractivity contribution < 1.29 is 9.90 Å². The molecule has 1 N–H and O–H groups in total. The van der Waals surface area contributed by atoms with Gasteiger partial charge in [0.15, 0.2) is 0 Å². The Morgan fingerprint density at radius 2 is 2.24 bits per heavy atom. The first-order valence-electron chi connectivity index (χ1n) is 5.75. The Kier molecular flexibility index (Phi) is 3.69. The Labute approximate surface area is 106 Å². The first kappa shape index (κ1) is 12.4. The van der Waals surface area contributed by atoms with Gasteiger partial charge in [0.05, 0.1) is 6.61 Å². The topological polar surface area (TPSA) is 40.5 Å². The first-order valence-corrected chi connectivity index (χ1v) is 6.13. The second-order valence-corrected chi connectivity index (χ2v) is 4.86. The molecule has 3 nitrogen and oxygen atoms in total. The molecule has 0 heterocycles. The van der Waals surface area contributed by atoms with Crippen LogP contribution in [0.15, 0.2) is 24.3 Å². The summed E-state index contributed by atoms with van der Waals surface area (Å²) in [5.74, 6) is 0.382. The molecule has 0 spiro atoms. The molecule has 2 atom stereocenters. The average molecular weight is 254 g/mol. The summed E-state index contributed by atoms with van der Waals surface area (Å²) in [5.41, 5.74) is 1.06. The lowest BCUT2D eigenvalue weighted by atomic mass is 10.1. The van der Waals surface area contributed by atoms with Gasteiger partial charge in [0.1, 0.15) is 0 Å². The molecular formula is C13H16ClNO2. The van der Waals surface area contributed by atoms with Crippen LogP contribution in [0.4, 0.5) is 0 Å². The maximum atomic E-state index is 12.0. The number of carbonyl (C=O) groups is 1. The van der Waals surface area contributed by atoms with E-state index in [9.17, 15) is 4.79 Å². The summed E-state index contributed by atoms with van der Waals surface area (Å²) >= 11 is 6.11. The highest BCUT2D eigenvalue weighted by Crippen LogP contribution is 2.50. The van der Waals surface area contributed by atoms with E-state index in [0.29, 0.717) is 6.54 Å². The number of hydrogen-bond donors (Lipinski definition) is 1. The van der Waals surface area contributed by atoms with Crippen LogP contribution in [0.25, 0.3) is 0 Å². The van der Waals surface area contributed by atoms with Crippen molar-refractivity contribution in [2.24, 2.45) is 5.92 Å². The normalized spacial score (nSPS) is 22.3. The van der Waals surface area contributed by atoms with E-state index in [-0.39, 0.29) is 24.3 Å². The third-order valence-corrected chi connectivity index (χ3v) is 3.57. The lowest BCUT2D eigenvalue weighted by Crippen LogP contribution is -2.31. The fraction of sp³-hybridized carbons (Fsp3) is 0.462. The van der Waals surface area contributed by atoms with Crippen molar-refractivity contribution in [2.45, 2.75) is 12.3 Å². The predicted octanol–water partition coefficient (Wildman–Crippen LogP) is 1.89. The maximum Gasteiger partial charge on any atom is 0.226 e. The minimum Gasteiger partial charge on any atom is -0.395 e. The van der Waals surface area contributed by atoms with E-state index in [4.69, 9.17) is 16.7 Å². The smallest absolute Gasteiger partial charge is 0.226 e. The zero-order chi connectivity index (χ0) is 12.4. The molecule has 4 heteroatoms. The van der Waals surface area contributed by atoms with Crippen molar-refractivity contribution >= 4 is 17.5 Å². The molecule has 0 aliphatic heterocycles. The van der Waals surface area contributed by atoms with Crippen LogP contribution in [-0.2, 0) is 4.79 Å². The van der Waals surface area contributed by atoms with Crippen molar-refractivity contribution in [3.63, 3.8) is 0 Å². The van der Waals surface area contributed by atoms with Crippen LogP contribution < -0.4 is 0 Å². The zero-order valence-corrected chi connectivity index (χ0v) is 10.5. The third-order valence-electron chi connectivity index (χ3n) is 3.22. The highest BCUT2D eigenvalue weighted by molar-refractivity contribution is 6.31. The Balaban J connectivity index is 2.01. The van der Waals surface area contributed by atoms with Gasteiger partial charge in [-0.2, -0.15) is 0 Å². The maximum absolute atomic E-state index is 12.0. The van der Waals surface area contributed by atoms with E-state index < -0.39 is 0 Å². The molecule has 1 aromatic rings. The minimum atomic E-state index is 0.00567. The number of likely N-dealkylation sites (N-methyl/N-ethyl adjacent to an activating group) is 1. The van der Waals surface area contributed by atoms with Gasteiger partial charge in [0.25, 0.3) is 0 Å². The van der Waals surface area contributed by atoms with E-state index in [2.05, 4.69) is 0 Å². The number of amides is 1. The van der Waals surface area contributed by atoms with Crippen LogP contribution in [0.5, 0.6) is 0 Å². The zero-order valence-electron chi connectivity index (χ0n) is 9.77. The van der Waals surface area contributed by atoms with Crippen molar-refractivity contribution in [1.82, 2.24) is 4.90 Å². The largest absolute Gasteiger partial charge is 0.395 e. The molecule has 1 aromatic carbocycles. The number of rotatable bonds is 4. The minimum absolute atomic E-state index is 0.00567. The van der Waals surface area contributed by atoms with Gasteiger partial charge >= 0.3 is 0 Å². The Morgan fingerprint density at radius 1 is 1.53 bits per heavy atom. The fourth-order valence-electron chi connectivity index (χ4n) is 2.13. The standard InChI is InChI=1S/C13H16ClNO2/c1-15(6-7-16)13(17)11-8-10(11)9-4-2-3-5-12(9)14/h2-5,10-11,16H,6-8H2,1H3. The van der Waals surface area contributed by atoms with Crippen LogP contribution in [0.2, 0.25) is 5.02 Å². The van der Waals surface area contributed by atoms with Crippen LogP contribution >= 0.6 is 11.6 Å². The van der Waals surface area contributed by atoms with Crippen LogP contribution in [0.3, 0.4) is 0 Å². The molecule has 2 rings (SSSR count). The van der Waals surface area contributed by atoms with E-state index in [0.717, 1.165) is 17.0 Å². The summed E-state index contributed by atoms with van der Waals surface area (Å²) in [6, 6.07) is 7.67. The first-order chi connectivity index (χ1) is 8.15. The Hall–Kier alpha value is -1.06. The molecule has 92 valence electrons. The SMILES string of the molecule is CN(CCO)C(=O)C1CC1c1ccccc1Cl. The van der Waals surface area contributed by atoms with Crippen LogP contribution in [-0.4, -0.2) is 36.1 Å². The summed E-state index contributed by atoms with van der Waals surface area (Å²) in [5, 5.41) is 9.53. The summed E-state index contributed by atoms with van der Waals surface area (Å²) in [7, 11) is 1.72. The molecule has 0 bridgehead atoms. The van der Waals surface area contributed by atoms with E-state index in [1.807, 2.05) is 24.3 Å². The predicted molar refractivity (Wildman–Crippen MR) is 67.0 cm³/mol. The number of hydrogen-bond acceptors (Lipinski definition) is 2. The molecule has 2 unspecified atom stereocenters.